The molecular weight excluding hydrogens is 234 g/mol. The number of furan rings is 1. The summed E-state index contributed by atoms with van der Waals surface area (Å²) in [4.78, 5) is 0. The third kappa shape index (κ3) is 3.01. The average molecular weight is 257 g/mol. The molecule has 1 N–H and O–H groups in total. The highest BCUT2D eigenvalue weighted by molar-refractivity contribution is 5.78. The monoisotopic (exact) mass is 257 g/mol. The second-order valence-corrected chi connectivity index (χ2v) is 5.82. The summed E-state index contributed by atoms with van der Waals surface area (Å²) in [6.45, 7) is 5.28. The molecule has 2 aromatic rings. The van der Waals surface area contributed by atoms with Gasteiger partial charge in [-0.15, -0.1) is 0 Å². The van der Waals surface area contributed by atoms with Crippen molar-refractivity contribution in [3.8, 4) is 0 Å². The van der Waals surface area contributed by atoms with Crippen molar-refractivity contribution in [3.63, 3.8) is 0 Å². The van der Waals surface area contributed by atoms with Gasteiger partial charge in [0.05, 0.1) is 6.04 Å². The number of hydrogen-bond donors (Lipinski definition) is 1. The van der Waals surface area contributed by atoms with Gasteiger partial charge < -0.3 is 9.73 Å². The topological polar surface area (TPSA) is 25.2 Å². The molecule has 1 unspecified atom stereocenters. The summed E-state index contributed by atoms with van der Waals surface area (Å²) in [7, 11) is 0. The first-order valence-corrected chi connectivity index (χ1v) is 7.49. The zero-order valence-electron chi connectivity index (χ0n) is 11.9. The fourth-order valence-electron chi connectivity index (χ4n) is 2.76. The first-order valence-electron chi connectivity index (χ1n) is 7.49. The molecular formula is C17H23NO. The van der Waals surface area contributed by atoms with Gasteiger partial charge >= 0.3 is 0 Å². The molecule has 1 heterocycles. The van der Waals surface area contributed by atoms with Crippen LogP contribution in [0.2, 0.25) is 0 Å². The molecule has 1 saturated carbocycles. The fourth-order valence-corrected chi connectivity index (χ4v) is 2.76. The molecule has 0 amide bonds. The maximum atomic E-state index is 6.03. The minimum absolute atomic E-state index is 0.373. The Balaban J connectivity index is 1.81. The van der Waals surface area contributed by atoms with E-state index in [2.05, 4.69) is 43.4 Å². The van der Waals surface area contributed by atoms with Crippen LogP contribution in [0.15, 0.2) is 28.7 Å². The van der Waals surface area contributed by atoms with Gasteiger partial charge in [-0.25, -0.2) is 0 Å². The second kappa shape index (κ2) is 5.38. The Morgan fingerprint density at radius 3 is 2.89 bits per heavy atom. The van der Waals surface area contributed by atoms with E-state index in [4.69, 9.17) is 4.42 Å². The van der Waals surface area contributed by atoms with Crippen molar-refractivity contribution >= 4 is 11.0 Å². The Bertz CT molecular complexity index is 553. The van der Waals surface area contributed by atoms with Crippen LogP contribution < -0.4 is 5.32 Å². The van der Waals surface area contributed by atoms with E-state index in [-0.39, 0.29) is 0 Å². The fraction of sp³-hybridized carbons (Fsp3) is 0.529. The lowest BCUT2D eigenvalue weighted by Gasteiger charge is -2.14. The van der Waals surface area contributed by atoms with Crippen LogP contribution in [0.5, 0.6) is 0 Å². The molecule has 0 saturated heterocycles. The van der Waals surface area contributed by atoms with E-state index in [1.807, 2.05) is 0 Å². The maximum absolute atomic E-state index is 6.03. The van der Waals surface area contributed by atoms with Crippen molar-refractivity contribution in [2.24, 2.45) is 5.92 Å². The van der Waals surface area contributed by atoms with Crippen LogP contribution in [0.4, 0.5) is 0 Å². The molecule has 0 radical (unpaired) electrons. The molecule has 1 fully saturated rings. The Kier molecular flexibility index (Phi) is 3.61. The van der Waals surface area contributed by atoms with Gasteiger partial charge in [-0.2, -0.15) is 0 Å². The SMILES string of the molecule is CCNC(CCC1CC1)c1cc2cc(C)ccc2o1. The number of fused-ring (bicyclic) bond motifs is 1. The van der Waals surface area contributed by atoms with Crippen LogP contribution in [-0.2, 0) is 0 Å². The van der Waals surface area contributed by atoms with Crippen molar-refractivity contribution in [3.05, 3.63) is 35.6 Å². The molecule has 0 bridgehead atoms. The van der Waals surface area contributed by atoms with Gasteiger partial charge in [0.25, 0.3) is 0 Å². The zero-order valence-corrected chi connectivity index (χ0v) is 11.9. The summed E-state index contributed by atoms with van der Waals surface area (Å²) >= 11 is 0. The number of benzene rings is 1. The smallest absolute Gasteiger partial charge is 0.134 e. The molecule has 19 heavy (non-hydrogen) atoms. The maximum Gasteiger partial charge on any atom is 0.134 e. The van der Waals surface area contributed by atoms with E-state index in [0.717, 1.165) is 23.8 Å². The molecule has 2 heteroatoms. The van der Waals surface area contributed by atoms with E-state index in [0.29, 0.717) is 6.04 Å². The minimum Gasteiger partial charge on any atom is -0.459 e. The van der Waals surface area contributed by atoms with Gasteiger partial charge in [-0.3, -0.25) is 0 Å². The lowest BCUT2D eigenvalue weighted by molar-refractivity contribution is 0.402. The summed E-state index contributed by atoms with van der Waals surface area (Å²) in [6.07, 6.45) is 5.38. The normalized spacial score (nSPS) is 16.9. The van der Waals surface area contributed by atoms with Crippen molar-refractivity contribution in [2.75, 3.05) is 6.54 Å². The van der Waals surface area contributed by atoms with Crippen LogP contribution in [0.25, 0.3) is 11.0 Å². The Hall–Kier alpha value is -1.28. The Morgan fingerprint density at radius 1 is 1.32 bits per heavy atom. The Morgan fingerprint density at radius 2 is 2.16 bits per heavy atom. The van der Waals surface area contributed by atoms with Crippen LogP contribution in [0.3, 0.4) is 0 Å². The van der Waals surface area contributed by atoms with Crippen LogP contribution in [0, 0.1) is 12.8 Å². The number of hydrogen-bond acceptors (Lipinski definition) is 2. The summed E-state index contributed by atoms with van der Waals surface area (Å²) in [5, 5.41) is 4.79. The quantitative estimate of drug-likeness (QED) is 0.819. The van der Waals surface area contributed by atoms with Crippen LogP contribution in [0.1, 0.15) is 50.0 Å². The standard InChI is InChI=1S/C17H23NO/c1-3-18-15(8-7-13-5-6-13)17-11-14-10-12(2)4-9-16(14)19-17/h4,9-11,13,15,18H,3,5-8H2,1-2H3. The van der Waals surface area contributed by atoms with Crippen molar-refractivity contribution in [1.29, 1.82) is 0 Å². The molecule has 1 aliphatic rings. The van der Waals surface area contributed by atoms with Crippen molar-refractivity contribution in [2.45, 2.75) is 45.6 Å². The molecule has 3 rings (SSSR count). The van der Waals surface area contributed by atoms with E-state index < -0.39 is 0 Å². The van der Waals surface area contributed by atoms with Crippen LogP contribution >= 0.6 is 0 Å². The lowest BCUT2D eigenvalue weighted by Crippen LogP contribution is -2.20. The molecule has 1 aromatic carbocycles. The van der Waals surface area contributed by atoms with Crippen molar-refractivity contribution in [1.82, 2.24) is 5.32 Å². The van der Waals surface area contributed by atoms with Gasteiger partial charge in [-0.1, -0.05) is 31.4 Å². The third-order valence-electron chi connectivity index (χ3n) is 4.05. The highest BCUT2D eigenvalue weighted by atomic mass is 16.3. The van der Waals surface area contributed by atoms with E-state index in [1.54, 1.807) is 0 Å². The predicted molar refractivity (Wildman–Crippen MR) is 79.3 cm³/mol. The van der Waals surface area contributed by atoms with Gasteiger partial charge in [0.1, 0.15) is 11.3 Å². The molecule has 0 spiro atoms. The third-order valence-corrected chi connectivity index (χ3v) is 4.05. The largest absolute Gasteiger partial charge is 0.459 e. The second-order valence-electron chi connectivity index (χ2n) is 5.82. The molecule has 0 aliphatic heterocycles. The molecule has 102 valence electrons. The van der Waals surface area contributed by atoms with Crippen LogP contribution in [-0.4, -0.2) is 6.54 Å². The summed E-state index contributed by atoms with van der Waals surface area (Å²) in [5.41, 5.74) is 2.30. The first-order chi connectivity index (χ1) is 9.26. The predicted octanol–water partition coefficient (Wildman–Crippen LogP) is 4.58. The molecule has 1 atom stereocenters. The van der Waals surface area contributed by atoms with Gasteiger partial charge in [-0.05, 0) is 50.4 Å². The lowest BCUT2D eigenvalue weighted by atomic mass is 10.1. The van der Waals surface area contributed by atoms with E-state index in [1.165, 1.54) is 36.6 Å². The number of nitrogens with one attached hydrogen (secondary N) is 1. The van der Waals surface area contributed by atoms with Gasteiger partial charge in [0.15, 0.2) is 0 Å². The van der Waals surface area contributed by atoms with Gasteiger partial charge in [0.2, 0.25) is 0 Å². The molecule has 2 nitrogen and oxygen atoms in total. The zero-order chi connectivity index (χ0) is 13.2. The van der Waals surface area contributed by atoms with Gasteiger partial charge in [0, 0.05) is 5.39 Å². The highest BCUT2D eigenvalue weighted by Gasteiger charge is 2.24. The number of rotatable bonds is 6. The average Bonchev–Trinajstić information content (AvgIpc) is 3.12. The first kappa shape index (κ1) is 12.7. The van der Waals surface area contributed by atoms with E-state index >= 15 is 0 Å². The van der Waals surface area contributed by atoms with E-state index in [9.17, 15) is 0 Å². The molecule has 1 aliphatic carbocycles. The summed E-state index contributed by atoms with van der Waals surface area (Å²) in [6, 6.07) is 8.98. The van der Waals surface area contributed by atoms with Crippen molar-refractivity contribution < 1.29 is 4.42 Å². The molecule has 1 aromatic heterocycles. The summed E-state index contributed by atoms with van der Waals surface area (Å²) < 4.78 is 6.03. The highest BCUT2D eigenvalue weighted by Crippen LogP contribution is 2.36. The Labute approximate surface area is 115 Å². The minimum atomic E-state index is 0.373. The summed E-state index contributed by atoms with van der Waals surface area (Å²) in [5.74, 6) is 2.08. The number of aryl methyl sites for hydroxylation is 1.